The van der Waals surface area contributed by atoms with Crippen LogP contribution in [0, 0.1) is 5.92 Å². The quantitative estimate of drug-likeness (QED) is 0.928. The van der Waals surface area contributed by atoms with E-state index in [0.717, 1.165) is 23.6 Å². The molecule has 3 rings (SSSR count). The molecular formula is C17H26N4O. The van der Waals surface area contributed by atoms with Gasteiger partial charge in [-0.1, -0.05) is 26.7 Å². The molecule has 0 aromatic carbocycles. The molecule has 0 spiro atoms. The van der Waals surface area contributed by atoms with Crippen molar-refractivity contribution < 1.29 is 4.79 Å². The van der Waals surface area contributed by atoms with Gasteiger partial charge in [-0.05, 0) is 25.8 Å². The molecule has 0 atom stereocenters. The minimum Gasteiger partial charge on any atom is -0.382 e. The number of anilines is 2. The Morgan fingerprint density at radius 2 is 2.14 bits per heavy atom. The van der Waals surface area contributed by atoms with Gasteiger partial charge < -0.3 is 5.32 Å². The van der Waals surface area contributed by atoms with Crippen LogP contribution in [0.3, 0.4) is 0 Å². The smallest absolute Gasteiger partial charge is 0.243 e. The number of nitrogens with one attached hydrogen (secondary N) is 1. The third kappa shape index (κ3) is 2.64. The van der Waals surface area contributed by atoms with Gasteiger partial charge in [-0.3, -0.25) is 9.80 Å². The number of amides is 1. The Morgan fingerprint density at radius 1 is 1.41 bits per heavy atom. The number of hydrogen-bond acceptors (Lipinski definition) is 4. The molecule has 0 saturated heterocycles. The van der Waals surface area contributed by atoms with Crippen LogP contribution in [-0.4, -0.2) is 28.5 Å². The summed E-state index contributed by atoms with van der Waals surface area (Å²) in [6.07, 6.45) is 6.95. The van der Waals surface area contributed by atoms with Crippen LogP contribution in [0.5, 0.6) is 0 Å². The Hall–Kier alpha value is -1.78. The van der Waals surface area contributed by atoms with Crippen molar-refractivity contribution in [2.24, 2.45) is 5.92 Å². The number of pyridine rings is 1. The Morgan fingerprint density at radius 3 is 2.77 bits per heavy atom. The zero-order valence-corrected chi connectivity index (χ0v) is 13.8. The van der Waals surface area contributed by atoms with E-state index in [2.05, 4.69) is 17.2 Å². The second-order valence-electron chi connectivity index (χ2n) is 6.55. The fraction of sp³-hybridized carbons (Fsp3) is 0.647. The van der Waals surface area contributed by atoms with Gasteiger partial charge in [0, 0.05) is 36.0 Å². The van der Waals surface area contributed by atoms with Crippen molar-refractivity contribution in [1.29, 1.82) is 0 Å². The molecule has 0 radical (unpaired) electrons. The van der Waals surface area contributed by atoms with Gasteiger partial charge in [0.1, 0.15) is 0 Å². The van der Waals surface area contributed by atoms with E-state index in [1.54, 1.807) is 0 Å². The van der Waals surface area contributed by atoms with Gasteiger partial charge in [0.15, 0.2) is 5.82 Å². The normalized spacial score (nSPS) is 18.2. The highest BCUT2D eigenvalue weighted by molar-refractivity contribution is 5.82. The average molecular weight is 302 g/mol. The summed E-state index contributed by atoms with van der Waals surface area (Å²) in [5.74, 6) is 1.08. The van der Waals surface area contributed by atoms with E-state index in [-0.39, 0.29) is 11.8 Å². The second-order valence-corrected chi connectivity index (χ2v) is 6.55. The van der Waals surface area contributed by atoms with E-state index >= 15 is 0 Å². The van der Waals surface area contributed by atoms with Gasteiger partial charge in [0.05, 0.1) is 6.54 Å². The van der Waals surface area contributed by atoms with Gasteiger partial charge >= 0.3 is 0 Å². The van der Waals surface area contributed by atoms with Crippen molar-refractivity contribution in [3.8, 4) is 0 Å². The molecule has 1 N–H and O–H groups in total. The first-order chi connectivity index (χ1) is 10.6. The van der Waals surface area contributed by atoms with E-state index < -0.39 is 0 Å². The number of carbonyl (C=O) groups excluding carboxylic acids is 1. The lowest BCUT2D eigenvalue weighted by molar-refractivity contribution is -0.135. The summed E-state index contributed by atoms with van der Waals surface area (Å²) in [6.45, 7) is 7.34. The molecule has 1 aliphatic heterocycles. The van der Waals surface area contributed by atoms with Crippen LogP contribution in [0.15, 0.2) is 12.3 Å². The van der Waals surface area contributed by atoms with E-state index in [4.69, 9.17) is 0 Å². The highest BCUT2D eigenvalue weighted by Gasteiger charge is 2.34. The molecule has 1 saturated carbocycles. The van der Waals surface area contributed by atoms with Gasteiger partial charge in [-0.25, -0.2) is 9.99 Å². The van der Waals surface area contributed by atoms with Gasteiger partial charge in [0.2, 0.25) is 5.91 Å². The van der Waals surface area contributed by atoms with Crippen LogP contribution in [0.2, 0.25) is 0 Å². The largest absolute Gasteiger partial charge is 0.382 e. The fourth-order valence-electron chi connectivity index (χ4n) is 3.45. The number of carbonyl (C=O) groups is 1. The number of hydrogen-bond donors (Lipinski definition) is 1. The lowest BCUT2D eigenvalue weighted by Gasteiger charge is -2.29. The Bertz CT molecular complexity index is 552. The standard InChI is InChI=1S/C17H26N4O/c1-4-20-16-14(11-21(20)17(22)12(2)3)15(9-10-18-16)19-13-7-5-6-8-13/h9-10,12-13H,4-8,11H2,1-3H3,(H,18,19). The van der Waals surface area contributed by atoms with Gasteiger partial charge in [-0.15, -0.1) is 0 Å². The number of fused-ring (bicyclic) bond motifs is 1. The first-order valence-corrected chi connectivity index (χ1v) is 8.45. The topological polar surface area (TPSA) is 48.5 Å². The van der Waals surface area contributed by atoms with E-state index in [1.807, 2.05) is 36.1 Å². The molecule has 1 aliphatic carbocycles. The first kappa shape index (κ1) is 15.1. The predicted octanol–water partition coefficient (Wildman–Crippen LogP) is 3.18. The van der Waals surface area contributed by atoms with Crippen LogP contribution >= 0.6 is 0 Å². The highest BCUT2D eigenvalue weighted by atomic mass is 16.2. The SMILES string of the molecule is CCN1c2nccc(NC3CCCC3)c2CN1C(=O)C(C)C. The minimum absolute atomic E-state index is 0.00500. The molecule has 1 aromatic heterocycles. The molecule has 5 nitrogen and oxygen atoms in total. The van der Waals surface area contributed by atoms with Crippen LogP contribution in [0.4, 0.5) is 11.5 Å². The average Bonchev–Trinajstić information content (AvgIpc) is 3.13. The summed E-state index contributed by atoms with van der Waals surface area (Å²) in [5.41, 5.74) is 2.31. The Balaban J connectivity index is 1.87. The maximum absolute atomic E-state index is 12.5. The molecule has 0 bridgehead atoms. The lowest BCUT2D eigenvalue weighted by atomic mass is 10.1. The van der Waals surface area contributed by atoms with Crippen molar-refractivity contribution in [2.45, 2.75) is 59.0 Å². The molecule has 1 aromatic rings. The summed E-state index contributed by atoms with van der Waals surface area (Å²) in [5, 5.41) is 7.53. The Labute approximate surface area is 132 Å². The van der Waals surface area contributed by atoms with Crippen LogP contribution in [-0.2, 0) is 11.3 Å². The first-order valence-electron chi connectivity index (χ1n) is 8.45. The second kappa shape index (κ2) is 6.15. The van der Waals surface area contributed by atoms with Crippen molar-refractivity contribution in [2.75, 3.05) is 16.9 Å². The maximum Gasteiger partial charge on any atom is 0.243 e. The fourth-order valence-corrected chi connectivity index (χ4v) is 3.45. The zero-order valence-electron chi connectivity index (χ0n) is 13.8. The maximum atomic E-state index is 12.5. The molecule has 5 heteroatoms. The molecule has 1 amide bonds. The molecule has 22 heavy (non-hydrogen) atoms. The summed E-state index contributed by atoms with van der Waals surface area (Å²) >= 11 is 0. The summed E-state index contributed by atoms with van der Waals surface area (Å²) in [6, 6.07) is 2.62. The van der Waals surface area contributed by atoms with Crippen LogP contribution in [0.1, 0.15) is 52.0 Å². The van der Waals surface area contributed by atoms with Crippen molar-refractivity contribution in [3.05, 3.63) is 17.8 Å². The molecule has 120 valence electrons. The van der Waals surface area contributed by atoms with Crippen molar-refractivity contribution in [1.82, 2.24) is 9.99 Å². The summed E-state index contributed by atoms with van der Waals surface area (Å²) in [7, 11) is 0. The number of aromatic nitrogens is 1. The summed E-state index contributed by atoms with van der Waals surface area (Å²) < 4.78 is 0. The number of nitrogens with zero attached hydrogens (tertiary/aromatic N) is 3. The number of hydrazine groups is 1. The van der Waals surface area contributed by atoms with Crippen molar-refractivity contribution in [3.63, 3.8) is 0 Å². The molecule has 2 aliphatic rings. The molecular weight excluding hydrogens is 276 g/mol. The predicted molar refractivity (Wildman–Crippen MR) is 88.5 cm³/mol. The van der Waals surface area contributed by atoms with Gasteiger partial charge in [0.25, 0.3) is 0 Å². The van der Waals surface area contributed by atoms with Crippen LogP contribution in [0.25, 0.3) is 0 Å². The molecule has 0 unspecified atom stereocenters. The van der Waals surface area contributed by atoms with Crippen LogP contribution < -0.4 is 10.3 Å². The monoisotopic (exact) mass is 302 g/mol. The van der Waals surface area contributed by atoms with Crippen molar-refractivity contribution >= 4 is 17.4 Å². The third-order valence-electron chi connectivity index (χ3n) is 4.64. The summed E-state index contributed by atoms with van der Waals surface area (Å²) in [4.78, 5) is 17.0. The van der Waals surface area contributed by atoms with E-state index in [9.17, 15) is 4.79 Å². The minimum atomic E-state index is -0.00500. The zero-order chi connectivity index (χ0) is 15.7. The Kier molecular flexibility index (Phi) is 4.23. The number of rotatable bonds is 4. The molecule has 2 heterocycles. The van der Waals surface area contributed by atoms with E-state index in [1.165, 1.54) is 25.7 Å². The van der Waals surface area contributed by atoms with Gasteiger partial charge in [-0.2, -0.15) is 0 Å². The molecule has 1 fully saturated rings. The van der Waals surface area contributed by atoms with E-state index in [0.29, 0.717) is 12.6 Å². The lowest BCUT2D eigenvalue weighted by Crippen LogP contribution is -2.44. The third-order valence-corrected chi connectivity index (χ3v) is 4.64. The highest BCUT2D eigenvalue weighted by Crippen LogP contribution is 2.36.